The van der Waals surface area contributed by atoms with Crippen molar-refractivity contribution < 1.29 is 4.90 Å². The van der Waals surface area contributed by atoms with E-state index in [9.17, 15) is 4.79 Å². The first-order chi connectivity index (χ1) is 13.9. The molecule has 0 saturated carbocycles. The van der Waals surface area contributed by atoms with Gasteiger partial charge in [-0.15, -0.1) is 5.10 Å². The highest BCUT2D eigenvalue weighted by Crippen LogP contribution is 2.23. The van der Waals surface area contributed by atoms with E-state index in [-0.39, 0.29) is 17.1 Å². The van der Waals surface area contributed by atoms with E-state index >= 15 is 0 Å². The van der Waals surface area contributed by atoms with Crippen LogP contribution in [0.2, 0.25) is 0 Å². The van der Waals surface area contributed by atoms with E-state index in [1.54, 1.807) is 0 Å². The Balaban J connectivity index is 1.91. The fourth-order valence-corrected chi connectivity index (χ4v) is 4.40. The van der Waals surface area contributed by atoms with Crippen LogP contribution in [-0.2, 0) is 12.0 Å². The van der Waals surface area contributed by atoms with Crippen LogP contribution in [0, 0.1) is 0 Å². The molecule has 154 valence electrons. The first-order valence-corrected chi connectivity index (χ1v) is 10.7. The van der Waals surface area contributed by atoms with Crippen LogP contribution < -0.4 is 10.5 Å². The summed E-state index contributed by atoms with van der Waals surface area (Å²) in [5.41, 5.74) is 2.58. The molecular formula is C22H31N6O+. The van der Waals surface area contributed by atoms with Crippen molar-refractivity contribution in [2.75, 3.05) is 13.1 Å². The molecule has 3 heterocycles. The molecule has 0 bridgehead atoms. The summed E-state index contributed by atoms with van der Waals surface area (Å²) in [6.07, 6.45) is 4.53. The maximum Gasteiger partial charge on any atom is 0.258 e. The van der Waals surface area contributed by atoms with Gasteiger partial charge < -0.3 is 9.88 Å². The van der Waals surface area contributed by atoms with Gasteiger partial charge in [0.05, 0.1) is 24.2 Å². The molecule has 1 aromatic carbocycles. The van der Waals surface area contributed by atoms with E-state index < -0.39 is 0 Å². The molecule has 0 unspecified atom stereocenters. The Morgan fingerprint density at radius 1 is 1.17 bits per heavy atom. The maximum absolute atomic E-state index is 13.2. The number of rotatable bonds is 4. The predicted octanol–water partition coefficient (Wildman–Crippen LogP) is 1.99. The molecule has 1 aliphatic rings. The van der Waals surface area contributed by atoms with Crippen LogP contribution in [-0.4, -0.2) is 38.3 Å². The van der Waals surface area contributed by atoms with Crippen molar-refractivity contribution >= 4 is 10.9 Å². The Labute approximate surface area is 171 Å². The Kier molecular flexibility index (Phi) is 5.25. The number of nitrogens with zero attached hydrogens (tertiary/aromatic N) is 4. The van der Waals surface area contributed by atoms with E-state index in [2.05, 4.69) is 66.4 Å². The second-order valence-corrected chi connectivity index (χ2v) is 9.10. The molecule has 1 fully saturated rings. The van der Waals surface area contributed by atoms with Gasteiger partial charge in [-0.1, -0.05) is 13.0 Å². The van der Waals surface area contributed by atoms with Crippen molar-refractivity contribution in [3.63, 3.8) is 0 Å². The topological polar surface area (TPSA) is 80.9 Å². The van der Waals surface area contributed by atoms with Gasteiger partial charge in [0.15, 0.2) is 6.04 Å². The van der Waals surface area contributed by atoms with E-state index in [4.69, 9.17) is 0 Å². The van der Waals surface area contributed by atoms with Gasteiger partial charge in [0.1, 0.15) is 0 Å². The Bertz CT molecular complexity index is 1060. The van der Waals surface area contributed by atoms with Crippen molar-refractivity contribution in [1.29, 1.82) is 0 Å². The zero-order chi connectivity index (χ0) is 20.6. The summed E-state index contributed by atoms with van der Waals surface area (Å²) < 4.78 is 1.88. The number of fused-ring (bicyclic) bond motifs is 1. The highest BCUT2D eigenvalue weighted by molar-refractivity contribution is 5.79. The zero-order valence-electron chi connectivity index (χ0n) is 17.8. The number of hydrogen-bond acceptors (Lipinski definition) is 4. The van der Waals surface area contributed by atoms with Gasteiger partial charge in [-0.25, -0.2) is 4.68 Å². The number of quaternary nitrogens is 1. The summed E-state index contributed by atoms with van der Waals surface area (Å²) in [6, 6.07) is 8.13. The summed E-state index contributed by atoms with van der Waals surface area (Å²) in [5, 5.41) is 13.7. The molecule has 1 saturated heterocycles. The number of likely N-dealkylation sites (tertiary alicyclic amines) is 1. The van der Waals surface area contributed by atoms with Gasteiger partial charge >= 0.3 is 0 Å². The number of nitrogens with one attached hydrogen (secondary N) is 2. The van der Waals surface area contributed by atoms with E-state index in [0.717, 1.165) is 54.6 Å². The van der Waals surface area contributed by atoms with Crippen molar-refractivity contribution in [2.45, 2.75) is 65.0 Å². The fraction of sp³-hybridized carbons (Fsp3) is 0.545. The molecule has 4 rings (SSSR count). The Hall–Kier alpha value is -2.54. The lowest BCUT2D eigenvalue weighted by atomic mass is 9.98. The molecule has 0 spiro atoms. The third kappa shape index (κ3) is 3.83. The quantitative estimate of drug-likeness (QED) is 0.708. The number of hydrogen-bond donors (Lipinski definition) is 2. The van der Waals surface area contributed by atoms with Crippen LogP contribution in [0.25, 0.3) is 10.9 Å². The fourth-order valence-electron chi connectivity index (χ4n) is 4.40. The molecule has 1 aliphatic heterocycles. The van der Waals surface area contributed by atoms with Gasteiger partial charge in [-0.05, 0) is 86.0 Å². The smallest absolute Gasteiger partial charge is 0.258 e. The van der Waals surface area contributed by atoms with Crippen molar-refractivity contribution in [1.82, 2.24) is 25.2 Å². The van der Waals surface area contributed by atoms with Gasteiger partial charge in [-0.3, -0.25) is 4.79 Å². The van der Waals surface area contributed by atoms with Crippen LogP contribution >= 0.6 is 0 Å². The number of H-pyrrole nitrogens is 1. The summed E-state index contributed by atoms with van der Waals surface area (Å²) in [4.78, 5) is 17.7. The zero-order valence-corrected chi connectivity index (χ0v) is 17.8. The number of piperidine rings is 1. The molecule has 2 N–H and O–H groups in total. The second-order valence-electron chi connectivity index (χ2n) is 9.10. The van der Waals surface area contributed by atoms with E-state index in [1.165, 1.54) is 16.9 Å². The molecule has 0 amide bonds. The molecule has 1 atom stereocenters. The predicted molar refractivity (Wildman–Crippen MR) is 113 cm³/mol. The molecule has 2 aromatic heterocycles. The molecular weight excluding hydrogens is 364 g/mol. The number of aromatic amines is 1. The minimum Gasteiger partial charge on any atom is -0.322 e. The molecule has 0 radical (unpaired) electrons. The van der Waals surface area contributed by atoms with Crippen molar-refractivity contribution in [3.8, 4) is 0 Å². The van der Waals surface area contributed by atoms with Gasteiger partial charge in [0, 0.05) is 5.52 Å². The van der Waals surface area contributed by atoms with Crippen LogP contribution in [0.4, 0.5) is 0 Å². The van der Waals surface area contributed by atoms with Crippen LogP contribution in [0.15, 0.2) is 29.1 Å². The average molecular weight is 396 g/mol. The lowest BCUT2D eigenvalue weighted by Crippen LogP contribution is -3.13. The van der Waals surface area contributed by atoms with Gasteiger partial charge in [0.2, 0.25) is 5.82 Å². The van der Waals surface area contributed by atoms with Crippen LogP contribution in [0.1, 0.15) is 70.0 Å². The van der Waals surface area contributed by atoms with Crippen molar-refractivity contribution in [3.05, 3.63) is 51.6 Å². The van der Waals surface area contributed by atoms with Crippen molar-refractivity contribution in [2.24, 2.45) is 0 Å². The number of benzene rings is 1. The van der Waals surface area contributed by atoms with Crippen LogP contribution in [0.3, 0.4) is 0 Å². The monoisotopic (exact) mass is 395 g/mol. The first-order valence-electron chi connectivity index (χ1n) is 10.7. The minimum absolute atomic E-state index is 0.0479. The second kappa shape index (κ2) is 7.71. The molecule has 7 nitrogen and oxygen atoms in total. The van der Waals surface area contributed by atoms with Crippen LogP contribution in [0.5, 0.6) is 0 Å². The molecule has 3 aromatic rings. The summed E-state index contributed by atoms with van der Waals surface area (Å²) >= 11 is 0. The Morgan fingerprint density at radius 3 is 2.62 bits per heavy atom. The third-order valence-electron chi connectivity index (χ3n) is 5.95. The maximum atomic E-state index is 13.2. The third-order valence-corrected chi connectivity index (χ3v) is 5.95. The molecule has 7 heteroatoms. The SMILES string of the molecule is CCc1ccc2[nH]c(=O)c([C@H](c3nnnn3C(C)(C)C)[NH+]3CCCCC3)cc2c1. The highest BCUT2D eigenvalue weighted by atomic mass is 16.1. The number of pyridine rings is 1. The molecule has 29 heavy (non-hydrogen) atoms. The lowest BCUT2D eigenvalue weighted by molar-refractivity contribution is -0.931. The normalized spacial score (nSPS) is 17.0. The average Bonchev–Trinajstić information content (AvgIpc) is 3.19. The van der Waals surface area contributed by atoms with Gasteiger partial charge in [-0.2, -0.15) is 0 Å². The van der Waals surface area contributed by atoms with E-state index in [1.807, 2.05) is 10.7 Å². The van der Waals surface area contributed by atoms with E-state index in [0.29, 0.717) is 0 Å². The summed E-state index contributed by atoms with van der Waals surface area (Å²) in [5.74, 6) is 0.769. The Morgan fingerprint density at radius 2 is 1.93 bits per heavy atom. The molecule has 0 aliphatic carbocycles. The largest absolute Gasteiger partial charge is 0.322 e. The standard InChI is InChI=1S/C22H30N6O/c1-5-15-9-10-18-16(13-15)14-17(21(29)23-18)19(27-11-7-6-8-12-27)20-24-25-26-28(20)22(2,3)4/h9-10,13-14,19H,5-8,11-12H2,1-4H3,(H,23,29)/p+1/t19-/m1/s1. The minimum atomic E-state index is -0.259. The number of aromatic nitrogens is 5. The number of tetrazole rings is 1. The summed E-state index contributed by atoms with van der Waals surface area (Å²) in [6.45, 7) is 10.5. The first kappa shape index (κ1) is 19.8. The highest BCUT2D eigenvalue weighted by Gasteiger charge is 2.36. The number of aryl methyl sites for hydroxylation is 1. The van der Waals surface area contributed by atoms with Gasteiger partial charge in [0.25, 0.3) is 5.56 Å². The lowest BCUT2D eigenvalue weighted by Gasteiger charge is -2.32. The summed E-state index contributed by atoms with van der Waals surface area (Å²) in [7, 11) is 0.